The summed E-state index contributed by atoms with van der Waals surface area (Å²) >= 11 is 3.39. The molecule has 1 saturated heterocycles. The summed E-state index contributed by atoms with van der Waals surface area (Å²) in [6.07, 6.45) is 0.786. The maximum atomic E-state index is 10.3. The predicted molar refractivity (Wildman–Crippen MR) is 60.1 cm³/mol. The first-order chi connectivity index (χ1) is 6.60. The Hall–Kier alpha value is -0.380. The topological polar surface area (TPSA) is 32.3 Å². The maximum absolute atomic E-state index is 10.3. The van der Waals surface area contributed by atoms with Gasteiger partial charge in [0.05, 0.1) is 0 Å². The second-order valence-electron chi connectivity index (χ2n) is 4.02. The molecule has 2 nitrogen and oxygen atoms in total. The molecule has 0 spiro atoms. The maximum Gasteiger partial charge on any atom is 0.103 e. The van der Waals surface area contributed by atoms with Crippen LogP contribution in [0.3, 0.4) is 0 Å². The van der Waals surface area contributed by atoms with Crippen molar-refractivity contribution in [3.05, 3.63) is 34.3 Å². The van der Waals surface area contributed by atoms with Crippen LogP contribution in [0.25, 0.3) is 0 Å². The number of hydrogen-bond acceptors (Lipinski definition) is 2. The van der Waals surface area contributed by atoms with E-state index < -0.39 is 5.60 Å². The molecule has 2 atom stereocenters. The van der Waals surface area contributed by atoms with Crippen molar-refractivity contribution in [2.24, 2.45) is 0 Å². The molecular weight excluding hydrogens is 242 g/mol. The number of rotatable bonds is 1. The summed E-state index contributed by atoms with van der Waals surface area (Å²) < 4.78 is 1.05. The Morgan fingerprint density at radius 3 is 2.57 bits per heavy atom. The van der Waals surface area contributed by atoms with Crippen molar-refractivity contribution < 1.29 is 5.11 Å². The molecule has 1 heterocycles. The lowest BCUT2D eigenvalue weighted by molar-refractivity contribution is 0.0565. The summed E-state index contributed by atoms with van der Waals surface area (Å²) in [5.74, 6) is 0. The summed E-state index contributed by atoms with van der Waals surface area (Å²) in [7, 11) is 0. The highest BCUT2D eigenvalue weighted by molar-refractivity contribution is 9.10. The first-order valence-corrected chi connectivity index (χ1v) is 5.61. The first-order valence-electron chi connectivity index (χ1n) is 4.82. The Labute approximate surface area is 92.5 Å². The van der Waals surface area contributed by atoms with E-state index in [9.17, 15) is 5.11 Å². The van der Waals surface area contributed by atoms with Crippen LogP contribution in [0.2, 0.25) is 0 Å². The highest BCUT2D eigenvalue weighted by atomic mass is 79.9. The second-order valence-corrected chi connectivity index (χ2v) is 4.94. The van der Waals surface area contributed by atoms with Gasteiger partial charge in [-0.2, -0.15) is 0 Å². The molecule has 3 heteroatoms. The summed E-state index contributed by atoms with van der Waals surface area (Å²) in [5.41, 5.74) is 0.317. The minimum absolute atomic E-state index is 0.392. The van der Waals surface area contributed by atoms with Gasteiger partial charge in [-0.3, -0.25) is 0 Å². The monoisotopic (exact) mass is 255 g/mol. The van der Waals surface area contributed by atoms with Crippen LogP contribution in [0.5, 0.6) is 0 Å². The Morgan fingerprint density at radius 1 is 1.43 bits per heavy atom. The highest BCUT2D eigenvalue weighted by Gasteiger charge is 2.36. The zero-order valence-electron chi connectivity index (χ0n) is 8.13. The van der Waals surface area contributed by atoms with Gasteiger partial charge >= 0.3 is 0 Å². The molecule has 1 aliphatic heterocycles. The lowest BCUT2D eigenvalue weighted by atomic mass is 9.92. The molecule has 0 aliphatic carbocycles. The van der Waals surface area contributed by atoms with Gasteiger partial charge in [0.15, 0.2) is 0 Å². The van der Waals surface area contributed by atoms with E-state index in [1.54, 1.807) is 0 Å². The van der Waals surface area contributed by atoms with Gasteiger partial charge in [-0.1, -0.05) is 28.1 Å². The third kappa shape index (κ3) is 1.85. The molecule has 1 aromatic rings. The molecule has 76 valence electrons. The van der Waals surface area contributed by atoms with Crippen LogP contribution in [-0.4, -0.2) is 17.7 Å². The van der Waals surface area contributed by atoms with Gasteiger partial charge in [-0.25, -0.2) is 0 Å². The van der Waals surface area contributed by atoms with Crippen molar-refractivity contribution in [2.45, 2.75) is 25.0 Å². The summed E-state index contributed by atoms with van der Waals surface area (Å²) in [6.45, 7) is 2.74. The number of hydrogen-bond donors (Lipinski definition) is 2. The average Bonchev–Trinajstić information content (AvgIpc) is 2.48. The van der Waals surface area contributed by atoms with Gasteiger partial charge in [0.1, 0.15) is 5.60 Å². The fourth-order valence-electron chi connectivity index (χ4n) is 1.97. The smallest absolute Gasteiger partial charge is 0.103 e. The van der Waals surface area contributed by atoms with Crippen LogP contribution in [0.15, 0.2) is 28.7 Å². The lowest BCUT2D eigenvalue weighted by Gasteiger charge is -2.22. The van der Waals surface area contributed by atoms with Crippen LogP contribution in [-0.2, 0) is 5.60 Å². The number of benzene rings is 1. The normalized spacial score (nSPS) is 32.1. The van der Waals surface area contributed by atoms with Crippen LogP contribution in [0.1, 0.15) is 18.9 Å². The molecule has 1 aromatic carbocycles. The minimum atomic E-state index is -0.680. The quantitative estimate of drug-likeness (QED) is 0.805. The molecule has 0 radical (unpaired) electrons. The number of nitrogens with one attached hydrogen (secondary N) is 1. The lowest BCUT2D eigenvalue weighted by Crippen LogP contribution is -2.28. The Morgan fingerprint density at radius 2 is 2.07 bits per heavy atom. The molecule has 0 saturated carbocycles. The molecule has 0 bridgehead atoms. The molecule has 14 heavy (non-hydrogen) atoms. The summed E-state index contributed by atoms with van der Waals surface area (Å²) in [6, 6.07) is 8.28. The Kier molecular flexibility index (Phi) is 2.64. The number of β-amino-alcohol motifs (C(OH)–C–C–N with tert-alkyl or cyclic N) is 1. The van der Waals surface area contributed by atoms with Crippen LogP contribution < -0.4 is 5.32 Å². The fraction of sp³-hybridized carbons (Fsp3) is 0.455. The van der Waals surface area contributed by atoms with E-state index in [0.29, 0.717) is 12.6 Å². The van der Waals surface area contributed by atoms with Gasteiger partial charge in [0, 0.05) is 17.1 Å². The van der Waals surface area contributed by atoms with Gasteiger partial charge in [0.25, 0.3) is 0 Å². The van der Waals surface area contributed by atoms with Crippen molar-refractivity contribution in [3.63, 3.8) is 0 Å². The zero-order valence-corrected chi connectivity index (χ0v) is 9.71. The van der Waals surface area contributed by atoms with Crippen LogP contribution >= 0.6 is 15.9 Å². The molecular formula is C11H14BrNO. The van der Waals surface area contributed by atoms with Crippen molar-refractivity contribution in [2.75, 3.05) is 6.54 Å². The molecule has 0 aromatic heterocycles. The van der Waals surface area contributed by atoms with E-state index in [0.717, 1.165) is 16.5 Å². The molecule has 2 unspecified atom stereocenters. The highest BCUT2D eigenvalue weighted by Crippen LogP contribution is 2.30. The molecule has 2 N–H and O–H groups in total. The third-order valence-corrected chi connectivity index (χ3v) is 3.30. The molecule has 1 fully saturated rings. The van der Waals surface area contributed by atoms with Crippen LogP contribution in [0.4, 0.5) is 0 Å². The standard InChI is InChI=1S/C11H14BrNO/c1-8-6-11(14,7-13-8)9-2-4-10(12)5-3-9/h2-5,8,13-14H,6-7H2,1H3. The third-order valence-electron chi connectivity index (χ3n) is 2.77. The van der Waals surface area contributed by atoms with Crippen LogP contribution in [0, 0.1) is 0 Å². The van der Waals surface area contributed by atoms with E-state index in [-0.39, 0.29) is 0 Å². The van der Waals surface area contributed by atoms with E-state index in [4.69, 9.17) is 0 Å². The van der Waals surface area contributed by atoms with Crippen molar-refractivity contribution in [3.8, 4) is 0 Å². The number of aliphatic hydroxyl groups is 1. The van der Waals surface area contributed by atoms with Gasteiger partial charge in [-0.15, -0.1) is 0 Å². The fourth-order valence-corrected chi connectivity index (χ4v) is 2.24. The van der Waals surface area contributed by atoms with Crippen molar-refractivity contribution in [1.29, 1.82) is 0 Å². The number of halogens is 1. The average molecular weight is 256 g/mol. The Bertz CT molecular complexity index is 325. The minimum Gasteiger partial charge on any atom is -0.384 e. The van der Waals surface area contributed by atoms with E-state index in [2.05, 4.69) is 28.2 Å². The summed E-state index contributed by atoms with van der Waals surface area (Å²) in [4.78, 5) is 0. The van der Waals surface area contributed by atoms with Gasteiger partial charge in [-0.05, 0) is 31.0 Å². The summed E-state index contributed by atoms with van der Waals surface area (Å²) in [5, 5.41) is 13.6. The Balaban J connectivity index is 2.26. The zero-order chi connectivity index (χ0) is 10.2. The van der Waals surface area contributed by atoms with E-state index >= 15 is 0 Å². The van der Waals surface area contributed by atoms with Gasteiger partial charge in [0.2, 0.25) is 0 Å². The molecule has 0 amide bonds. The van der Waals surface area contributed by atoms with Gasteiger partial charge < -0.3 is 10.4 Å². The van der Waals surface area contributed by atoms with Crippen molar-refractivity contribution >= 4 is 15.9 Å². The van der Waals surface area contributed by atoms with E-state index in [1.807, 2.05) is 24.3 Å². The molecule has 2 rings (SSSR count). The SMILES string of the molecule is CC1CC(O)(c2ccc(Br)cc2)CN1. The van der Waals surface area contributed by atoms with Crippen molar-refractivity contribution in [1.82, 2.24) is 5.32 Å². The predicted octanol–water partition coefficient (Wildman–Crippen LogP) is 2.02. The largest absolute Gasteiger partial charge is 0.384 e. The first kappa shape index (κ1) is 10.1. The van der Waals surface area contributed by atoms with E-state index in [1.165, 1.54) is 0 Å². The second kappa shape index (κ2) is 3.65. The molecule has 1 aliphatic rings.